The molecule has 0 saturated heterocycles. The molecule has 17 heavy (non-hydrogen) atoms. The van der Waals surface area contributed by atoms with E-state index in [1.54, 1.807) is 12.1 Å². The van der Waals surface area contributed by atoms with E-state index in [0.717, 1.165) is 5.69 Å². The zero-order valence-corrected chi connectivity index (χ0v) is 9.83. The van der Waals surface area contributed by atoms with Crippen molar-refractivity contribution in [3.8, 4) is 0 Å². The van der Waals surface area contributed by atoms with Crippen molar-refractivity contribution in [1.29, 1.82) is 0 Å². The van der Waals surface area contributed by atoms with Crippen LogP contribution in [-0.2, 0) is 0 Å². The van der Waals surface area contributed by atoms with E-state index in [1.807, 2.05) is 6.92 Å². The molecule has 1 heterocycles. The molecular formula is C13H9ClFNO. The molecule has 0 amide bonds. The maximum absolute atomic E-state index is 13.2. The van der Waals surface area contributed by atoms with Crippen molar-refractivity contribution < 1.29 is 9.18 Å². The van der Waals surface area contributed by atoms with Crippen LogP contribution in [0.25, 0.3) is 0 Å². The first-order chi connectivity index (χ1) is 8.09. The highest BCUT2D eigenvalue weighted by molar-refractivity contribution is 6.35. The van der Waals surface area contributed by atoms with E-state index >= 15 is 0 Å². The molecule has 0 spiro atoms. The van der Waals surface area contributed by atoms with Gasteiger partial charge in [0.05, 0.1) is 5.02 Å². The van der Waals surface area contributed by atoms with Crippen molar-refractivity contribution in [3.63, 3.8) is 0 Å². The number of benzene rings is 1. The summed E-state index contributed by atoms with van der Waals surface area (Å²) in [5.74, 6) is -0.931. The molecule has 0 fully saturated rings. The zero-order valence-electron chi connectivity index (χ0n) is 9.08. The molecule has 2 aromatic rings. The standard InChI is InChI=1S/C13H9ClFNO/c1-8-5-6-9(7-16-8)13(17)10-3-2-4-11(15)12(10)14/h2-7H,1H3. The van der Waals surface area contributed by atoms with Gasteiger partial charge in [-0.15, -0.1) is 0 Å². The fourth-order valence-electron chi connectivity index (χ4n) is 1.44. The van der Waals surface area contributed by atoms with Crippen molar-refractivity contribution in [2.75, 3.05) is 0 Å². The quantitative estimate of drug-likeness (QED) is 0.764. The fourth-order valence-corrected chi connectivity index (χ4v) is 1.65. The van der Waals surface area contributed by atoms with Crippen molar-refractivity contribution in [2.45, 2.75) is 6.92 Å². The van der Waals surface area contributed by atoms with Gasteiger partial charge in [0.15, 0.2) is 5.78 Å². The minimum absolute atomic E-state index is 0.150. The lowest BCUT2D eigenvalue weighted by Gasteiger charge is -2.04. The van der Waals surface area contributed by atoms with Crippen LogP contribution in [-0.4, -0.2) is 10.8 Å². The fraction of sp³-hybridized carbons (Fsp3) is 0.0769. The number of ketones is 1. The van der Waals surface area contributed by atoms with Crippen LogP contribution in [0.5, 0.6) is 0 Å². The van der Waals surface area contributed by atoms with Gasteiger partial charge in [-0.2, -0.15) is 0 Å². The second kappa shape index (κ2) is 4.63. The van der Waals surface area contributed by atoms with Crippen LogP contribution in [0, 0.1) is 12.7 Å². The predicted molar refractivity (Wildman–Crippen MR) is 63.8 cm³/mol. The Hall–Kier alpha value is -1.74. The number of carbonyl (C=O) groups excluding carboxylic acids is 1. The molecular weight excluding hydrogens is 241 g/mol. The molecule has 0 saturated carbocycles. The molecule has 1 aromatic heterocycles. The highest BCUT2D eigenvalue weighted by Gasteiger charge is 2.15. The van der Waals surface area contributed by atoms with Gasteiger partial charge in [-0.25, -0.2) is 4.39 Å². The summed E-state index contributed by atoms with van der Waals surface area (Å²) in [6.45, 7) is 1.82. The van der Waals surface area contributed by atoms with Crippen LogP contribution < -0.4 is 0 Å². The van der Waals surface area contributed by atoms with Crippen molar-refractivity contribution in [2.24, 2.45) is 0 Å². The topological polar surface area (TPSA) is 30.0 Å². The van der Waals surface area contributed by atoms with Gasteiger partial charge in [0.25, 0.3) is 0 Å². The van der Waals surface area contributed by atoms with Crippen molar-refractivity contribution >= 4 is 17.4 Å². The SMILES string of the molecule is Cc1ccc(C(=O)c2cccc(F)c2Cl)cn1. The van der Waals surface area contributed by atoms with Crippen LogP contribution in [0.3, 0.4) is 0 Å². The number of pyridine rings is 1. The van der Waals surface area contributed by atoms with E-state index in [2.05, 4.69) is 4.98 Å². The van der Waals surface area contributed by atoms with Crippen LogP contribution in [0.2, 0.25) is 5.02 Å². The summed E-state index contributed by atoms with van der Waals surface area (Å²) in [6, 6.07) is 7.53. The number of rotatable bonds is 2. The van der Waals surface area contributed by atoms with Crippen LogP contribution in [0.1, 0.15) is 21.6 Å². The molecule has 86 valence electrons. The van der Waals surface area contributed by atoms with Crippen molar-refractivity contribution in [3.05, 3.63) is 64.2 Å². The molecule has 0 bridgehead atoms. The summed E-state index contributed by atoms with van der Waals surface area (Å²) in [6.07, 6.45) is 1.46. The second-order valence-electron chi connectivity index (χ2n) is 3.62. The van der Waals surface area contributed by atoms with E-state index < -0.39 is 5.82 Å². The molecule has 2 nitrogen and oxygen atoms in total. The molecule has 0 radical (unpaired) electrons. The molecule has 0 atom stereocenters. The van der Waals surface area contributed by atoms with Gasteiger partial charge < -0.3 is 0 Å². The van der Waals surface area contributed by atoms with E-state index in [4.69, 9.17) is 11.6 Å². The zero-order chi connectivity index (χ0) is 12.4. The minimum atomic E-state index is -0.599. The number of nitrogens with zero attached hydrogens (tertiary/aromatic N) is 1. The largest absolute Gasteiger partial charge is 0.288 e. The summed E-state index contributed by atoms with van der Waals surface area (Å²) in [7, 11) is 0. The van der Waals surface area contributed by atoms with Gasteiger partial charge in [-0.1, -0.05) is 17.7 Å². The maximum atomic E-state index is 13.2. The number of aryl methyl sites for hydroxylation is 1. The molecule has 2 rings (SSSR count). The van der Waals surface area contributed by atoms with E-state index in [1.165, 1.54) is 24.4 Å². The lowest BCUT2D eigenvalue weighted by atomic mass is 10.0. The van der Waals surface area contributed by atoms with E-state index in [0.29, 0.717) is 5.56 Å². The average molecular weight is 250 g/mol. The summed E-state index contributed by atoms with van der Waals surface area (Å²) < 4.78 is 13.2. The monoisotopic (exact) mass is 249 g/mol. The Morgan fingerprint density at radius 2 is 2.06 bits per heavy atom. The molecule has 4 heteroatoms. The lowest BCUT2D eigenvalue weighted by molar-refractivity contribution is 0.103. The number of hydrogen-bond donors (Lipinski definition) is 0. The number of halogens is 2. The first kappa shape index (κ1) is 11.7. The number of hydrogen-bond acceptors (Lipinski definition) is 2. The first-order valence-corrected chi connectivity index (χ1v) is 5.39. The van der Waals surface area contributed by atoms with Crippen LogP contribution in [0.15, 0.2) is 36.5 Å². The number of carbonyl (C=O) groups is 1. The summed E-state index contributed by atoms with van der Waals surface area (Å²) in [4.78, 5) is 16.1. The molecule has 0 aliphatic carbocycles. The smallest absolute Gasteiger partial charge is 0.196 e. The Kier molecular flexibility index (Phi) is 3.20. The Morgan fingerprint density at radius 1 is 1.29 bits per heavy atom. The van der Waals surface area contributed by atoms with Crippen molar-refractivity contribution in [1.82, 2.24) is 4.98 Å². The summed E-state index contributed by atoms with van der Waals surface area (Å²) in [5, 5.41) is -0.155. The van der Waals surface area contributed by atoms with Gasteiger partial charge in [0, 0.05) is 23.0 Å². The molecule has 0 aliphatic rings. The van der Waals surface area contributed by atoms with Gasteiger partial charge in [0.1, 0.15) is 5.82 Å². The average Bonchev–Trinajstić information content (AvgIpc) is 2.33. The molecule has 1 aromatic carbocycles. The van der Waals surface area contributed by atoms with E-state index in [-0.39, 0.29) is 16.4 Å². The predicted octanol–water partition coefficient (Wildman–Crippen LogP) is 3.41. The second-order valence-corrected chi connectivity index (χ2v) is 4.00. The van der Waals surface area contributed by atoms with Crippen LogP contribution in [0.4, 0.5) is 4.39 Å². The molecule has 0 N–H and O–H groups in total. The van der Waals surface area contributed by atoms with Crippen LogP contribution >= 0.6 is 11.6 Å². The maximum Gasteiger partial charge on any atom is 0.196 e. The third-order valence-corrected chi connectivity index (χ3v) is 2.75. The highest BCUT2D eigenvalue weighted by Crippen LogP contribution is 2.22. The van der Waals surface area contributed by atoms with Gasteiger partial charge >= 0.3 is 0 Å². The Balaban J connectivity index is 2.44. The first-order valence-electron chi connectivity index (χ1n) is 5.01. The summed E-state index contributed by atoms with van der Waals surface area (Å²) in [5.41, 5.74) is 1.35. The van der Waals surface area contributed by atoms with E-state index in [9.17, 15) is 9.18 Å². The normalized spacial score (nSPS) is 10.3. The molecule has 0 aliphatic heterocycles. The Labute approximate surface area is 103 Å². The lowest BCUT2D eigenvalue weighted by Crippen LogP contribution is -2.03. The van der Waals surface area contributed by atoms with Gasteiger partial charge in [-0.3, -0.25) is 9.78 Å². The highest BCUT2D eigenvalue weighted by atomic mass is 35.5. The summed E-state index contributed by atoms with van der Waals surface area (Å²) >= 11 is 5.75. The minimum Gasteiger partial charge on any atom is -0.288 e. The Morgan fingerprint density at radius 3 is 2.71 bits per heavy atom. The third kappa shape index (κ3) is 2.34. The number of aromatic nitrogens is 1. The van der Waals surface area contributed by atoms with Gasteiger partial charge in [0.2, 0.25) is 0 Å². The Bertz CT molecular complexity index is 566. The van der Waals surface area contributed by atoms with Gasteiger partial charge in [-0.05, 0) is 31.2 Å². The molecule has 0 unspecified atom stereocenters. The third-order valence-electron chi connectivity index (χ3n) is 2.37.